The van der Waals surface area contributed by atoms with Crippen molar-refractivity contribution in [1.82, 2.24) is 14.8 Å². The summed E-state index contributed by atoms with van der Waals surface area (Å²) in [5, 5.41) is 4.21. The maximum Gasteiger partial charge on any atom is 0.138 e. The van der Waals surface area contributed by atoms with Gasteiger partial charge in [-0.25, -0.2) is 4.98 Å². The summed E-state index contributed by atoms with van der Waals surface area (Å²) in [4.78, 5) is 4.29. The van der Waals surface area contributed by atoms with Crippen LogP contribution in [-0.4, -0.2) is 33.0 Å². The average molecular weight is 224 g/mol. The topological polar surface area (TPSA) is 66.0 Å². The Hall–Kier alpha value is -0.940. The summed E-state index contributed by atoms with van der Waals surface area (Å²) in [7, 11) is 0. The van der Waals surface area contributed by atoms with E-state index in [4.69, 9.17) is 10.5 Å². The normalized spacial score (nSPS) is 29.8. The van der Waals surface area contributed by atoms with Gasteiger partial charge in [-0.2, -0.15) is 5.10 Å². The van der Waals surface area contributed by atoms with Gasteiger partial charge in [-0.05, 0) is 19.8 Å². The lowest BCUT2D eigenvalue weighted by Gasteiger charge is -2.26. The Balaban J connectivity index is 2.10. The first-order chi connectivity index (χ1) is 7.65. The molecule has 2 N–H and O–H groups in total. The maximum absolute atomic E-state index is 6.35. The Kier molecular flexibility index (Phi) is 3.25. The molecule has 2 atom stereocenters. The highest BCUT2D eigenvalue weighted by Crippen LogP contribution is 2.26. The van der Waals surface area contributed by atoms with Crippen LogP contribution in [0, 0.1) is 0 Å². The van der Waals surface area contributed by atoms with E-state index in [-0.39, 0.29) is 11.6 Å². The highest BCUT2D eigenvalue weighted by molar-refractivity contribution is 5.03. The molecule has 1 saturated heterocycles. The molecule has 0 spiro atoms. The molecule has 1 aliphatic heterocycles. The third-order valence-electron chi connectivity index (χ3n) is 3.36. The average Bonchev–Trinajstić information content (AvgIpc) is 2.78. The van der Waals surface area contributed by atoms with E-state index in [1.807, 2.05) is 11.6 Å². The van der Waals surface area contributed by atoms with Crippen molar-refractivity contribution < 1.29 is 4.74 Å². The standard InChI is InChI=1S/C11H20N4O/c1-3-5-15-10(13-8-14-15)7-11(12)4-6-16-9(11)2/h8-9H,3-7,12H2,1-2H3. The van der Waals surface area contributed by atoms with E-state index in [2.05, 4.69) is 17.0 Å². The van der Waals surface area contributed by atoms with Gasteiger partial charge >= 0.3 is 0 Å². The second-order valence-electron chi connectivity index (χ2n) is 4.57. The minimum absolute atomic E-state index is 0.0966. The molecule has 0 amide bonds. The van der Waals surface area contributed by atoms with Gasteiger partial charge in [0.25, 0.3) is 0 Å². The van der Waals surface area contributed by atoms with E-state index in [1.165, 1.54) is 0 Å². The van der Waals surface area contributed by atoms with Crippen LogP contribution >= 0.6 is 0 Å². The van der Waals surface area contributed by atoms with E-state index < -0.39 is 0 Å². The molecular formula is C11H20N4O. The number of hydrogen-bond donors (Lipinski definition) is 1. The van der Waals surface area contributed by atoms with Crippen LogP contribution in [0.15, 0.2) is 6.33 Å². The van der Waals surface area contributed by atoms with Gasteiger partial charge in [0.2, 0.25) is 0 Å². The molecule has 0 bridgehead atoms. The monoisotopic (exact) mass is 224 g/mol. The zero-order valence-electron chi connectivity index (χ0n) is 10.0. The van der Waals surface area contributed by atoms with Crippen LogP contribution in [0.1, 0.15) is 32.5 Å². The van der Waals surface area contributed by atoms with Gasteiger partial charge in [0.05, 0.1) is 11.6 Å². The van der Waals surface area contributed by atoms with Crippen molar-refractivity contribution in [1.29, 1.82) is 0 Å². The van der Waals surface area contributed by atoms with Crippen LogP contribution in [0.2, 0.25) is 0 Å². The first-order valence-electron chi connectivity index (χ1n) is 5.93. The van der Waals surface area contributed by atoms with Crippen molar-refractivity contribution in [2.75, 3.05) is 6.61 Å². The van der Waals surface area contributed by atoms with E-state index in [0.717, 1.165) is 38.2 Å². The van der Waals surface area contributed by atoms with Gasteiger partial charge in [-0.1, -0.05) is 6.92 Å². The van der Waals surface area contributed by atoms with Gasteiger partial charge < -0.3 is 10.5 Å². The molecule has 1 fully saturated rings. The molecule has 0 radical (unpaired) electrons. The Morgan fingerprint density at radius 3 is 3.12 bits per heavy atom. The lowest BCUT2D eigenvalue weighted by atomic mass is 9.89. The lowest BCUT2D eigenvalue weighted by Crippen LogP contribution is -2.48. The van der Waals surface area contributed by atoms with Crippen molar-refractivity contribution in [2.45, 2.75) is 51.3 Å². The van der Waals surface area contributed by atoms with Gasteiger partial charge in [-0.15, -0.1) is 0 Å². The van der Waals surface area contributed by atoms with Crippen molar-refractivity contribution in [3.63, 3.8) is 0 Å². The molecule has 2 rings (SSSR count). The van der Waals surface area contributed by atoms with Crippen molar-refractivity contribution in [3.8, 4) is 0 Å². The van der Waals surface area contributed by atoms with Gasteiger partial charge in [0, 0.05) is 19.6 Å². The molecule has 16 heavy (non-hydrogen) atoms. The van der Waals surface area contributed by atoms with E-state index in [9.17, 15) is 0 Å². The predicted molar refractivity (Wildman–Crippen MR) is 61.0 cm³/mol. The maximum atomic E-state index is 6.35. The fourth-order valence-corrected chi connectivity index (χ4v) is 2.15. The van der Waals surface area contributed by atoms with Crippen LogP contribution in [-0.2, 0) is 17.7 Å². The van der Waals surface area contributed by atoms with E-state index in [1.54, 1.807) is 6.33 Å². The Morgan fingerprint density at radius 1 is 1.69 bits per heavy atom. The largest absolute Gasteiger partial charge is 0.377 e. The summed E-state index contributed by atoms with van der Waals surface area (Å²) in [5.41, 5.74) is 6.07. The van der Waals surface area contributed by atoms with Crippen molar-refractivity contribution in [2.24, 2.45) is 5.73 Å². The first-order valence-corrected chi connectivity index (χ1v) is 5.93. The van der Waals surface area contributed by atoms with E-state index >= 15 is 0 Å². The van der Waals surface area contributed by atoms with Crippen LogP contribution in [0.25, 0.3) is 0 Å². The summed E-state index contributed by atoms with van der Waals surface area (Å²) >= 11 is 0. The number of aromatic nitrogens is 3. The summed E-state index contributed by atoms with van der Waals surface area (Å²) in [6.07, 6.45) is 4.40. The summed E-state index contributed by atoms with van der Waals surface area (Å²) in [6.45, 7) is 5.82. The molecule has 2 unspecified atom stereocenters. The molecule has 2 heterocycles. The Labute approximate surface area is 96.0 Å². The minimum atomic E-state index is -0.279. The molecule has 1 aromatic heterocycles. The third kappa shape index (κ3) is 2.10. The van der Waals surface area contributed by atoms with Gasteiger partial charge in [0.1, 0.15) is 12.2 Å². The predicted octanol–water partition coefficient (Wildman–Crippen LogP) is 0.737. The molecule has 0 aromatic carbocycles. The molecule has 0 saturated carbocycles. The van der Waals surface area contributed by atoms with Crippen molar-refractivity contribution in [3.05, 3.63) is 12.2 Å². The summed E-state index contributed by atoms with van der Waals surface area (Å²) < 4.78 is 7.48. The highest BCUT2D eigenvalue weighted by atomic mass is 16.5. The van der Waals surface area contributed by atoms with Crippen LogP contribution in [0.5, 0.6) is 0 Å². The fourth-order valence-electron chi connectivity index (χ4n) is 2.15. The van der Waals surface area contributed by atoms with Crippen molar-refractivity contribution >= 4 is 0 Å². The zero-order valence-corrected chi connectivity index (χ0v) is 10.0. The summed E-state index contributed by atoms with van der Waals surface area (Å²) in [5.74, 6) is 0.974. The van der Waals surface area contributed by atoms with Crippen LogP contribution in [0.3, 0.4) is 0 Å². The Bertz CT molecular complexity index is 352. The first kappa shape index (κ1) is 11.5. The highest BCUT2D eigenvalue weighted by Gasteiger charge is 2.38. The number of nitrogens with zero attached hydrogens (tertiary/aromatic N) is 3. The SMILES string of the molecule is CCCn1ncnc1CC1(N)CCOC1C. The molecule has 1 aliphatic rings. The molecule has 0 aliphatic carbocycles. The van der Waals surface area contributed by atoms with E-state index in [0.29, 0.717) is 0 Å². The number of rotatable bonds is 4. The smallest absolute Gasteiger partial charge is 0.138 e. The number of nitrogens with two attached hydrogens (primary N) is 1. The molecule has 90 valence electrons. The molecule has 5 heteroatoms. The second-order valence-corrected chi connectivity index (χ2v) is 4.57. The number of ether oxygens (including phenoxy) is 1. The summed E-state index contributed by atoms with van der Waals surface area (Å²) in [6, 6.07) is 0. The third-order valence-corrected chi connectivity index (χ3v) is 3.36. The number of hydrogen-bond acceptors (Lipinski definition) is 4. The fraction of sp³-hybridized carbons (Fsp3) is 0.818. The zero-order chi connectivity index (χ0) is 11.6. The van der Waals surface area contributed by atoms with Gasteiger partial charge in [-0.3, -0.25) is 4.68 Å². The van der Waals surface area contributed by atoms with Crippen LogP contribution < -0.4 is 5.73 Å². The second kappa shape index (κ2) is 4.51. The molecular weight excluding hydrogens is 204 g/mol. The lowest BCUT2D eigenvalue weighted by molar-refractivity contribution is 0.0946. The quantitative estimate of drug-likeness (QED) is 0.819. The minimum Gasteiger partial charge on any atom is -0.377 e. The molecule has 1 aromatic rings. The van der Waals surface area contributed by atoms with Crippen LogP contribution in [0.4, 0.5) is 0 Å². The van der Waals surface area contributed by atoms with Gasteiger partial charge in [0.15, 0.2) is 0 Å². The Morgan fingerprint density at radius 2 is 2.50 bits per heavy atom. The number of aryl methyl sites for hydroxylation is 1. The molecule has 5 nitrogen and oxygen atoms in total.